The number of nitro benzene ring substituents is 1. The maximum absolute atomic E-state index is 13.2. The topological polar surface area (TPSA) is 102 Å². The van der Waals surface area contributed by atoms with E-state index in [4.69, 9.17) is 8.92 Å². The van der Waals surface area contributed by atoms with Gasteiger partial charge in [-0.2, -0.15) is 0 Å². The van der Waals surface area contributed by atoms with Crippen LogP contribution in [0.4, 0.5) is 11.4 Å². The quantitative estimate of drug-likeness (QED) is 0.269. The van der Waals surface area contributed by atoms with Gasteiger partial charge in [-0.15, -0.1) is 0 Å². The van der Waals surface area contributed by atoms with Crippen LogP contribution in [-0.2, 0) is 17.4 Å². The van der Waals surface area contributed by atoms with E-state index in [1.165, 1.54) is 18.1 Å². The average molecular weight is 407 g/mol. The molecule has 1 amide bonds. The zero-order chi connectivity index (χ0) is 19.6. The van der Waals surface area contributed by atoms with E-state index in [2.05, 4.69) is 7.81 Å². The Balaban J connectivity index is 2.13. The molecule has 2 aromatic carbocycles. The molecule has 3 rings (SSSR count). The molecule has 0 unspecified atom stereocenters. The predicted molar refractivity (Wildman–Crippen MR) is 104 cm³/mol. The number of para-hydroxylation sites is 1. The summed E-state index contributed by atoms with van der Waals surface area (Å²) in [5, 5.41) is 21.3. The third-order valence-corrected chi connectivity index (χ3v) is 4.87. The molecule has 0 spiro atoms. The van der Waals surface area contributed by atoms with Crippen molar-refractivity contribution < 1.29 is 23.7 Å². The number of methoxy groups -OCH3 is 1. The first-order valence-corrected chi connectivity index (χ1v) is 9.88. The number of hydrogen-bond donors (Lipinski definition) is 1. The first-order chi connectivity index (χ1) is 13.0. The first-order valence-electron chi connectivity index (χ1n) is 7.92. The monoisotopic (exact) mass is 407 g/mol. The van der Waals surface area contributed by atoms with Crippen LogP contribution in [-0.4, -0.2) is 35.7 Å². The van der Waals surface area contributed by atoms with Crippen molar-refractivity contribution in [2.45, 2.75) is 12.5 Å². The summed E-state index contributed by atoms with van der Waals surface area (Å²) < 4.78 is 10.4. The summed E-state index contributed by atoms with van der Waals surface area (Å²) in [6, 6.07) is 9.17. The number of nitro groups is 1. The number of amides is 1. The molecule has 0 saturated carbocycles. The molecule has 0 saturated heterocycles. The molecule has 8 nitrogen and oxygen atoms in total. The molecule has 10 heteroatoms. The summed E-state index contributed by atoms with van der Waals surface area (Å²) in [6.07, 6.45) is 0.475. The number of ether oxygens (including phenoxy) is 1. The molecule has 2 aromatic rings. The van der Waals surface area contributed by atoms with Gasteiger partial charge in [-0.05, 0) is 0 Å². The number of carbonyl (C=O) groups is 1. The summed E-state index contributed by atoms with van der Waals surface area (Å²) in [5.41, 5.74) is 0.974. The number of nitrogens with zero attached hydrogens (tertiary/aromatic N) is 2. The van der Waals surface area contributed by atoms with E-state index in [9.17, 15) is 20.0 Å². The minimum absolute atomic E-state index is 0.109. The van der Waals surface area contributed by atoms with Crippen LogP contribution in [0.15, 0.2) is 36.4 Å². The van der Waals surface area contributed by atoms with Gasteiger partial charge >= 0.3 is 160 Å². The summed E-state index contributed by atoms with van der Waals surface area (Å²) >= 11 is 0.229. The van der Waals surface area contributed by atoms with Crippen LogP contribution in [0.2, 0.25) is 0 Å². The Hall–Kier alpha value is -2.35. The number of benzene rings is 2. The molecule has 27 heavy (non-hydrogen) atoms. The second-order valence-corrected chi connectivity index (χ2v) is 6.63. The summed E-state index contributed by atoms with van der Waals surface area (Å²) in [7, 11) is 5.29. The number of thiol groups is 1. The van der Waals surface area contributed by atoms with Crippen molar-refractivity contribution in [2.75, 3.05) is 18.6 Å². The summed E-state index contributed by atoms with van der Waals surface area (Å²) in [5.74, 6) is -0.296. The molecular formula is C17H16N2O6PS-. The number of anilines is 1. The molecule has 142 valence electrons. The molecule has 1 heterocycles. The van der Waals surface area contributed by atoms with Gasteiger partial charge in [0.1, 0.15) is 0 Å². The maximum atomic E-state index is 13.2. The number of fused-ring (bicyclic) bond motifs is 1. The van der Waals surface area contributed by atoms with E-state index in [0.717, 1.165) is 11.6 Å². The Kier molecular flexibility index (Phi) is 5.84. The fourth-order valence-corrected chi connectivity index (χ4v) is 3.65. The number of aliphatic hydroxyl groups excluding tert-OH is 1. The molecule has 0 fully saturated rings. The van der Waals surface area contributed by atoms with Crippen molar-refractivity contribution in [1.29, 1.82) is 0 Å². The van der Waals surface area contributed by atoms with Gasteiger partial charge in [0.05, 0.1) is 0 Å². The van der Waals surface area contributed by atoms with Crippen molar-refractivity contribution >= 4 is 36.1 Å². The van der Waals surface area contributed by atoms with Crippen molar-refractivity contribution in [3.05, 3.63) is 57.6 Å². The van der Waals surface area contributed by atoms with E-state index in [-0.39, 0.29) is 34.7 Å². The second kappa shape index (κ2) is 8.12. The van der Waals surface area contributed by atoms with E-state index < -0.39 is 22.6 Å². The fourth-order valence-electron chi connectivity index (χ4n) is 3.16. The zero-order valence-electron chi connectivity index (χ0n) is 14.2. The Labute approximate surface area is 160 Å². The SMILES string of the molecule is COc1cc(C(=O)N2c3ccccc3C[C@H]2CO)c([N+](=O)[O-])cc1O[SH-]#P. The van der Waals surface area contributed by atoms with E-state index in [0.29, 0.717) is 12.1 Å². The molecule has 0 bridgehead atoms. The molecule has 1 aliphatic heterocycles. The fraction of sp³-hybridized carbons (Fsp3) is 0.235. The second-order valence-electron chi connectivity index (χ2n) is 5.79. The van der Waals surface area contributed by atoms with Crippen LogP contribution in [0.3, 0.4) is 0 Å². The number of rotatable bonds is 5. The molecule has 1 atom stereocenters. The van der Waals surface area contributed by atoms with Crippen molar-refractivity contribution in [3.8, 4) is 11.5 Å². The third kappa shape index (κ3) is 3.58. The summed E-state index contributed by atoms with van der Waals surface area (Å²) in [4.78, 5) is 25.5. The van der Waals surface area contributed by atoms with Crippen LogP contribution in [0.1, 0.15) is 15.9 Å². The zero-order valence-corrected chi connectivity index (χ0v) is 16.0. The van der Waals surface area contributed by atoms with E-state index >= 15 is 0 Å². The Morgan fingerprint density at radius 1 is 1.41 bits per heavy atom. The van der Waals surface area contributed by atoms with Crippen LogP contribution >= 0.6 is 7.81 Å². The van der Waals surface area contributed by atoms with Crippen LogP contribution in [0.25, 0.3) is 0 Å². The van der Waals surface area contributed by atoms with E-state index in [1.807, 2.05) is 12.1 Å². The number of hydrogen-bond acceptors (Lipinski definition) is 7. The van der Waals surface area contributed by atoms with Crippen LogP contribution in [0.5, 0.6) is 11.5 Å². The normalized spacial score (nSPS) is 15.3. The molecule has 1 aliphatic rings. The molecule has 0 aromatic heterocycles. The average Bonchev–Trinajstić information content (AvgIpc) is 3.05. The van der Waals surface area contributed by atoms with Gasteiger partial charge in [0.2, 0.25) is 0 Å². The van der Waals surface area contributed by atoms with Gasteiger partial charge in [0, 0.05) is 0 Å². The molecule has 0 radical (unpaired) electrons. The number of carbonyl (C=O) groups excluding carboxylic acids is 1. The predicted octanol–water partition coefficient (Wildman–Crippen LogP) is 2.60. The van der Waals surface area contributed by atoms with Crippen molar-refractivity contribution in [3.63, 3.8) is 0 Å². The molecular weight excluding hydrogens is 391 g/mol. The number of aliphatic hydroxyl groups is 1. The minimum atomic E-state index is -0.648. The van der Waals surface area contributed by atoms with Crippen molar-refractivity contribution in [2.24, 2.45) is 0 Å². The van der Waals surface area contributed by atoms with Gasteiger partial charge < -0.3 is 0 Å². The standard InChI is InChI=1S/C17H16N2O6PS/c1-24-15-7-12(14(19(22)23)8-16(15)25-27-26)17(21)18-11(9-20)6-10-4-2-3-5-13(10)18/h2-5,7-8,11,20,27H,6,9H2,1H3/q-1/t11-/m0/s1. The Morgan fingerprint density at radius 3 is 2.78 bits per heavy atom. The molecule has 1 N–H and O–H groups in total. The third-order valence-electron chi connectivity index (χ3n) is 4.35. The first kappa shape index (κ1) is 19.4. The van der Waals surface area contributed by atoms with Gasteiger partial charge in [-0.25, -0.2) is 0 Å². The van der Waals surface area contributed by atoms with E-state index in [1.54, 1.807) is 12.1 Å². The molecule has 0 aliphatic carbocycles. The van der Waals surface area contributed by atoms with Gasteiger partial charge in [0.25, 0.3) is 0 Å². The Bertz CT molecular complexity index is 961. The van der Waals surface area contributed by atoms with Crippen LogP contribution < -0.4 is 13.8 Å². The summed E-state index contributed by atoms with van der Waals surface area (Å²) in [6.45, 7) is -0.259. The van der Waals surface area contributed by atoms with Crippen LogP contribution in [0, 0.1) is 10.1 Å². The van der Waals surface area contributed by atoms with Gasteiger partial charge in [0.15, 0.2) is 0 Å². The van der Waals surface area contributed by atoms with Gasteiger partial charge in [-0.3, -0.25) is 0 Å². The van der Waals surface area contributed by atoms with Gasteiger partial charge in [-0.1, -0.05) is 0 Å². The van der Waals surface area contributed by atoms with Crippen molar-refractivity contribution in [1.82, 2.24) is 0 Å². The Morgan fingerprint density at radius 2 is 2.15 bits per heavy atom.